The van der Waals surface area contributed by atoms with Crippen molar-refractivity contribution in [2.24, 2.45) is 5.92 Å². The second kappa shape index (κ2) is 8.30. The topological polar surface area (TPSA) is 64.6 Å². The number of likely N-dealkylation sites (tertiary alicyclic amines) is 1. The van der Waals surface area contributed by atoms with Crippen molar-refractivity contribution in [3.8, 4) is 0 Å². The largest absolute Gasteiger partial charge is 0.392 e. The maximum Gasteiger partial charge on any atom is 0.237 e. The number of halogens is 1. The maximum atomic E-state index is 12.1. The number of piperidine rings is 1. The van der Waals surface area contributed by atoms with E-state index in [9.17, 15) is 9.90 Å². The molecule has 2 aliphatic heterocycles. The molecule has 1 amide bonds. The number of aliphatic hydroxyl groups is 1. The van der Waals surface area contributed by atoms with Gasteiger partial charge in [0.05, 0.1) is 12.1 Å². The summed E-state index contributed by atoms with van der Waals surface area (Å²) >= 11 is 6.23. The molecule has 132 valence electrons. The lowest BCUT2D eigenvalue weighted by atomic mass is 9.96. The molecule has 5 nitrogen and oxygen atoms in total. The molecule has 3 rings (SSSR count). The van der Waals surface area contributed by atoms with Crippen molar-refractivity contribution >= 4 is 17.5 Å². The number of rotatable bonds is 5. The van der Waals surface area contributed by atoms with Crippen LogP contribution in [-0.4, -0.2) is 54.2 Å². The molecular weight excluding hydrogens is 326 g/mol. The number of amides is 1. The molecule has 1 aromatic carbocycles. The number of nitrogens with one attached hydrogen (secondary N) is 2. The summed E-state index contributed by atoms with van der Waals surface area (Å²) in [7, 11) is 0. The van der Waals surface area contributed by atoms with E-state index in [1.54, 1.807) is 0 Å². The van der Waals surface area contributed by atoms with Crippen molar-refractivity contribution in [2.75, 3.05) is 26.2 Å². The molecule has 0 aliphatic carbocycles. The molecule has 0 spiro atoms. The fourth-order valence-corrected chi connectivity index (χ4v) is 3.70. The highest BCUT2D eigenvalue weighted by atomic mass is 35.5. The number of β-amino-alcohol motifs (C(OH)–C–C–N with tert-alkyl or cyclic N) is 1. The van der Waals surface area contributed by atoms with Crippen molar-refractivity contribution in [2.45, 2.75) is 38.0 Å². The second-order valence-electron chi connectivity index (χ2n) is 6.91. The molecule has 2 heterocycles. The molecular formula is C18H26ClN3O2. The Balaban J connectivity index is 1.38. The molecule has 6 heteroatoms. The summed E-state index contributed by atoms with van der Waals surface area (Å²) in [5, 5.41) is 16.4. The summed E-state index contributed by atoms with van der Waals surface area (Å²) < 4.78 is 0. The van der Waals surface area contributed by atoms with E-state index in [1.165, 1.54) is 5.56 Å². The van der Waals surface area contributed by atoms with E-state index < -0.39 is 6.10 Å². The van der Waals surface area contributed by atoms with Gasteiger partial charge in [0.25, 0.3) is 0 Å². The number of nitrogens with zero attached hydrogens (tertiary/aromatic N) is 1. The van der Waals surface area contributed by atoms with Gasteiger partial charge in [0.2, 0.25) is 5.91 Å². The summed E-state index contributed by atoms with van der Waals surface area (Å²) in [5.41, 5.74) is 1.18. The third-order valence-electron chi connectivity index (χ3n) is 5.05. The molecule has 2 saturated heterocycles. The summed E-state index contributed by atoms with van der Waals surface area (Å²) in [5.74, 6) is 0.549. The van der Waals surface area contributed by atoms with E-state index in [0.717, 1.165) is 44.0 Å². The maximum absolute atomic E-state index is 12.1. The standard InChI is InChI=1S/C18H26ClN3O2/c19-16-4-2-1-3-14(16)12-22-7-5-13(6-8-22)10-21-18(24)17-9-15(23)11-20-17/h1-4,13,15,17,20,23H,5-12H2,(H,21,24). The van der Waals surface area contributed by atoms with E-state index in [-0.39, 0.29) is 11.9 Å². The molecule has 0 aromatic heterocycles. The Morgan fingerprint density at radius 3 is 2.75 bits per heavy atom. The average molecular weight is 352 g/mol. The van der Waals surface area contributed by atoms with Gasteiger partial charge >= 0.3 is 0 Å². The van der Waals surface area contributed by atoms with Crippen molar-refractivity contribution in [1.29, 1.82) is 0 Å². The normalized spacial score (nSPS) is 25.8. The molecule has 24 heavy (non-hydrogen) atoms. The smallest absolute Gasteiger partial charge is 0.237 e. The minimum atomic E-state index is -0.395. The van der Waals surface area contributed by atoms with Gasteiger partial charge in [-0.05, 0) is 49.9 Å². The Labute approximate surface area is 148 Å². The first kappa shape index (κ1) is 17.7. The lowest BCUT2D eigenvalue weighted by Crippen LogP contribution is -2.44. The highest BCUT2D eigenvalue weighted by Gasteiger charge is 2.28. The fourth-order valence-electron chi connectivity index (χ4n) is 3.50. The van der Waals surface area contributed by atoms with Crippen LogP contribution in [0, 0.1) is 5.92 Å². The van der Waals surface area contributed by atoms with Crippen molar-refractivity contribution in [3.63, 3.8) is 0 Å². The third-order valence-corrected chi connectivity index (χ3v) is 5.42. The van der Waals surface area contributed by atoms with Gasteiger partial charge in [-0.15, -0.1) is 0 Å². The predicted molar refractivity (Wildman–Crippen MR) is 94.9 cm³/mol. The number of carbonyl (C=O) groups excluding carboxylic acids is 1. The number of aliphatic hydroxyl groups excluding tert-OH is 1. The van der Waals surface area contributed by atoms with Gasteiger partial charge in [0.1, 0.15) is 0 Å². The zero-order valence-electron chi connectivity index (χ0n) is 13.9. The summed E-state index contributed by atoms with van der Waals surface area (Å²) in [6, 6.07) is 7.77. The van der Waals surface area contributed by atoms with Crippen molar-refractivity contribution in [3.05, 3.63) is 34.9 Å². The summed E-state index contributed by atoms with van der Waals surface area (Å²) in [6.07, 6.45) is 2.30. The molecule has 2 unspecified atom stereocenters. The zero-order valence-corrected chi connectivity index (χ0v) is 14.6. The van der Waals surface area contributed by atoms with Crippen LogP contribution < -0.4 is 10.6 Å². The van der Waals surface area contributed by atoms with Crippen LogP contribution in [0.2, 0.25) is 5.02 Å². The number of hydrogen-bond donors (Lipinski definition) is 3. The Morgan fingerprint density at radius 2 is 2.08 bits per heavy atom. The lowest BCUT2D eigenvalue weighted by Gasteiger charge is -2.32. The van der Waals surface area contributed by atoms with Gasteiger partial charge < -0.3 is 15.7 Å². The summed E-state index contributed by atoms with van der Waals surface area (Å²) in [4.78, 5) is 14.5. The van der Waals surface area contributed by atoms with E-state index in [0.29, 0.717) is 18.9 Å². The minimum Gasteiger partial charge on any atom is -0.392 e. The van der Waals surface area contributed by atoms with Gasteiger partial charge in [-0.1, -0.05) is 29.8 Å². The second-order valence-corrected chi connectivity index (χ2v) is 7.31. The van der Waals surface area contributed by atoms with Crippen LogP contribution in [0.4, 0.5) is 0 Å². The molecule has 0 radical (unpaired) electrons. The van der Waals surface area contributed by atoms with Gasteiger partial charge in [-0.25, -0.2) is 0 Å². The van der Waals surface area contributed by atoms with Gasteiger partial charge in [0, 0.05) is 24.7 Å². The molecule has 2 fully saturated rings. The molecule has 3 N–H and O–H groups in total. The first-order chi connectivity index (χ1) is 11.6. The Kier molecular flexibility index (Phi) is 6.11. The highest BCUT2D eigenvalue weighted by Crippen LogP contribution is 2.22. The Bertz CT molecular complexity index is 561. The SMILES string of the molecule is O=C(NCC1CCN(Cc2ccccc2Cl)CC1)C1CC(O)CN1. The minimum absolute atomic E-state index is 0.0186. The highest BCUT2D eigenvalue weighted by molar-refractivity contribution is 6.31. The fraction of sp³-hybridized carbons (Fsp3) is 0.611. The molecule has 2 atom stereocenters. The average Bonchev–Trinajstić information content (AvgIpc) is 3.03. The Hall–Kier alpha value is -1.14. The number of benzene rings is 1. The Morgan fingerprint density at radius 1 is 1.33 bits per heavy atom. The van der Waals surface area contributed by atoms with Crippen LogP contribution in [0.15, 0.2) is 24.3 Å². The number of carbonyl (C=O) groups is 1. The molecule has 2 aliphatic rings. The lowest BCUT2D eigenvalue weighted by molar-refractivity contribution is -0.123. The molecule has 0 saturated carbocycles. The van der Waals surface area contributed by atoms with Crippen LogP contribution in [0.5, 0.6) is 0 Å². The molecule has 0 bridgehead atoms. The van der Waals surface area contributed by atoms with E-state index >= 15 is 0 Å². The van der Waals surface area contributed by atoms with Gasteiger partial charge in [0.15, 0.2) is 0 Å². The van der Waals surface area contributed by atoms with Crippen LogP contribution in [0.1, 0.15) is 24.8 Å². The van der Waals surface area contributed by atoms with E-state index in [2.05, 4.69) is 21.6 Å². The van der Waals surface area contributed by atoms with E-state index in [1.807, 2.05) is 18.2 Å². The monoisotopic (exact) mass is 351 g/mol. The van der Waals surface area contributed by atoms with Gasteiger partial charge in [-0.2, -0.15) is 0 Å². The van der Waals surface area contributed by atoms with E-state index in [4.69, 9.17) is 11.6 Å². The van der Waals surface area contributed by atoms with Crippen LogP contribution in [0.25, 0.3) is 0 Å². The predicted octanol–water partition coefficient (Wildman–Crippen LogP) is 1.39. The number of hydrogen-bond acceptors (Lipinski definition) is 4. The quantitative estimate of drug-likeness (QED) is 0.750. The zero-order chi connectivity index (χ0) is 16.9. The van der Waals surface area contributed by atoms with Crippen molar-refractivity contribution in [1.82, 2.24) is 15.5 Å². The molecule has 1 aromatic rings. The van der Waals surface area contributed by atoms with Crippen LogP contribution in [-0.2, 0) is 11.3 Å². The van der Waals surface area contributed by atoms with Crippen molar-refractivity contribution < 1.29 is 9.90 Å². The van der Waals surface area contributed by atoms with Gasteiger partial charge in [-0.3, -0.25) is 9.69 Å². The summed E-state index contributed by atoms with van der Waals surface area (Å²) in [6.45, 7) is 4.20. The van der Waals surface area contributed by atoms with Crippen LogP contribution >= 0.6 is 11.6 Å². The first-order valence-corrected chi connectivity index (χ1v) is 9.14. The third kappa shape index (κ3) is 4.70. The van der Waals surface area contributed by atoms with Crippen LogP contribution in [0.3, 0.4) is 0 Å². The first-order valence-electron chi connectivity index (χ1n) is 8.76.